The molecule has 0 atom stereocenters. The minimum absolute atomic E-state index is 0.358. The summed E-state index contributed by atoms with van der Waals surface area (Å²) in [6.45, 7) is 0.358. The third-order valence-corrected chi connectivity index (χ3v) is 5.93. The van der Waals surface area contributed by atoms with E-state index in [-0.39, 0.29) is 0 Å². The number of ether oxygens (including phenoxy) is 3. The molecule has 0 aliphatic rings. The lowest BCUT2D eigenvalue weighted by molar-refractivity contribution is 0.282. The number of para-hydroxylation sites is 1. The van der Waals surface area contributed by atoms with Crippen LogP contribution in [0.2, 0.25) is 5.02 Å². The van der Waals surface area contributed by atoms with Crippen LogP contribution in [0.1, 0.15) is 11.1 Å². The highest BCUT2D eigenvalue weighted by atomic mass is 127. The van der Waals surface area contributed by atoms with Crippen molar-refractivity contribution >= 4 is 46.1 Å². The first kappa shape index (κ1) is 23.1. The predicted molar refractivity (Wildman–Crippen MR) is 142 cm³/mol. The second-order valence-corrected chi connectivity index (χ2v) is 8.65. The van der Waals surface area contributed by atoms with Gasteiger partial charge in [-0.05, 0) is 82.8 Å². The lowest BCUT2D eigenvalue weighted by Gasteiger charge is -2.14. The van der Waals surface area contributed by atoms with Crippen molar-refractivity contribution in [2.45, 2.75) is 6.61 Å². The second-order valence-electron chi connectivity index (χ2n) is 7.08. The fourth-order valence-electron chi connectivity index (χ4n) is 3.09. The first-order valence-electron chi connectivity index (χ1n) is 10.2. The molecule has 0 amide bonds. The van der Waals surface area contributed by atoms with Gasteiger partial charge >= 0.3 is 0 Å². The molecule has 0 heterocycles. The molecule has 6 heteroatoms. The summed E-state index contributed by atoms with van der Waals surface area (Å²) < 4.78 is 18.3. The van der Waals surface area contributed by atoms with Crippen molar-refractivity contribution < 1.29 is 14.2 Å². The summed E-state index contributed by atoms with van der Waals surface area (Å²) in [7, 11) is 1.63. The van der Waals surface area contributed by atoms with E-state index in [9.17, 15) is 0 Å². The Morgan fingerprint density at radius 1 is 0.879 bits per heavy atom. The van der Waals surface area contributed by atoms with Crippen molar-refractivity contribution in [1.29, 1.82) is 0 Å². The Labute approximate surface area is 211 Å². The van der Waals surface area contributed by atoms with E-state index < -0.39 is 0 Å². The van der Waals surface area contributed by atoms with E-state index in [4.69, 9.17) is 25.8 Å². The van der Waals surface area contributed by atoms with Crippen LogP contribution in [-0.2, 0) is 6.61 Å². The van der Waals surface area contributed by atoms with Crippen LogP contribution in [0.5, 0.6) is 23.0 Å². The summed E-state index contributed by atoms with van der Waals surface area (Å²) in [5.74, 6) is 2.88. The van der Waals surface area contributed by atoms with Gasteiger partial charge in [-0.1, -0.05) is 48.0 Å². The van der Waals surface area contributed by atoms with E-state index in [1.807, 2.05) is 91.0 Å². The van der Waals surface area contributed by atoms with E-state index in [0.29, 0.717) is 23.1 Å². The third kappa shape index (κ3) is 6.27. The van der Waals surface area contributed by atoms with Gasteiger partial charge in [-0.25, -0.2) is 0 Å². The van der Waals surface area contributed by atoms with Crippen molar-refractivity contribution in [3.8, 4) is 23.0 Å². The predicted octanol–water partition coefficient (Wildman–Crippen LogP) is 8.08. The smallest absolute Gasteiger partial charge is 0.174 e. The summed E-state index contributed by atoms with van der Waals surface area (Å²) in [5, 5.41) is 0.676. The number of rotatable bonds is 8. The summed E-state index contributed by atoms with van der Waals surface area (Å²) >= 11 is 8.48. The minimum Gasteiger partial charge on any atom is -0.493 e. The number of halogens is 2. The average Bonchev–Trinajstić information content (AvgIpc) is 2.84. The summed E-state index contributed by atoms with van der Waals surface area (Å²) in [6, 6.07) is 28.8. The molecule has 0 fully saturated rings. The zero-order valence-corrected chi connectivity index (χ0v) is 20.8. The van der Waals surface area contributed by atoms with Crippen molar-refractivity contribution in [1.82, 2.24) is 0 Å². The minimum atomic E-state index is 0.358. The zero-order chi connectivity index (χ0) is 23.0. The van der Waals surface area contributed by atoms with Crippen LogP contribution in [0.15, 0.2) is 96.0 Å². The maximum atomic E-state index is 6.24. The van der Waals surface area contributed by atoms with Gasteiger partial charge < -0.3 is 14.2 Å². The molecule has 4 aromatic rings. The van der Waals surface area contributed by atoms with E-state index in [1.165, 1.54) is 0 Å². The fraction of sp³-hybridized carbons (Fsp3) is 0.0741. The van der Waals surface area contributed by atoms with Crippen LogP contribution in [0.3, 0.4) is 0 Å². The number of aliphatic imine (C=N–C) groups is 1. The molecule has 0 aliphatic heterocycles. The Bertz CT molecular complexity index is 1240. The van der Waals surface area contributed by atoms with Gasteiger partial charge in [0.15, 0.2) is 11.5 Å². The highest BCUT2D eigenvalue weighted by Crippen LogP contribution is 2.35. The molecule has 0 unspecified atom stereocenters. The fourth-order valence-corrected chi connectivity index (χ4v) is 4.07. The van der Waals surface area contributed by atoms with Crippen LogP contribution in [0, 0.1) is 3.57 Å². The number of methoxy groups -OCH3 is 1. The zero-order valence-electron chi connectivity index (χ0n) is 17.9. The van der Waals surface area contributed by atoms with Crippen molar-refractivity contribution in [2.24, 2.45) is 4.99 Å². The van der Waals surface area contributed by atoms with Gasteiger partial charge in [0.25, 0.3) is 0 Å². The lowest BCUT2D eigenvalue weighted by atomic mass is 10.2. The Balaban J connectivity index is 1.45. The number of hydrogen-bond acceptors (Lipinski definition) is 4. The molecule has 33 heavy (non-hydrogen) atoms. The van der Waals surface area contributed by atoms with Gasteiger partial charge in [-0.3, -0.25) is 4.99 Å². The van der Waals surface area contributed by atoms with Gasteiger partial charge in [0.1, 0.15) is 18.1 Å². The van der Waals surface area contributed by atoms with Crippen molar-refractivity contribution in [2.75, 3.05) is 7.11 Å². The van der Waals surface area contributed by atoms with Crippen LogP contribution in [0.25, 0.3) is 0 Å². The number of hydrogen-bond donors (Lipinski definition) is 0. The van der Waals surface area contributed by atoms with E-state index in [2.05, 4.69) is 27.6 Å². The first-order chi connectivity index (χ1) is 16.1. The molecule has 166 valence electrons. The van der Waals surface area contributed by atoms with Crippen molar-refractivity contribution in [3.63, 3.8) is 0 Å². The molecule has 0 aliphatic carbocycles. The Hall–Kier alpha value is -3.03. The molecule has 4 rings (SSSR count). The summed E-state index contributed by atoms with van der Waals surface area (Å²) in [5.41, 5.74) is 2.65. The highest BCUT2D eigenvalue weighted by Gasteiger charge is 2.12. The average molecular weight is 570 g/mol. The van der Waals surface area contributed by atoms with Gasteiger partial charge in [0.05, 0.1) is 16.4 Å². The Morgan fingerprint density at radius 3 is 2.30 bits per heavy atom. The maximum Gasteiger partial charge on any atom is 0.174 e. The standard InChI is InChI=1S/C27H21ClINO3/c1-31-26-16-19(15-25(29)27(26)32-18-20-7-5-6-10-24(20)28)17-30-21-11-13-23(14-12-21)33-22-8-3-2-4-9-22/h2-17H,18H2,1H3. The van der Waals surface area contributed by atoms with E-state index >= 15 is 0 Å². The third-order valence-electron chi connectivity index (χ3n) is 4.76. The lowest BCUT2D eigenvalue weighted by Crippen LogP contribution is -2.01. The normalized spacial score (nSPS) is 10.9. The molecule has 4 nitrogen and oxygen atoms in total. The van der Waals surface area contributed by atoms with E-state index in [0.717, 1.165) is 31.9 Å². The summed E-state index contributed by atoms with van der Waals surface area (Å²) in [4.78, 5) is 4.58. The maximum absolute atomic E-state index is 6.24. The largest absolute Gasteiger partial charge is 0.493 e. The second kappa shape index (κ2) is 11.2. The Morgan fingerprint density at radius 2 is 1.58 bits per heavy atom. The van der Waals surface area contributed by atoms with Gasteiger partial charge in [0.2, 0.25) is 0 Å². The molecule has 0 N–H and O–H groups in total. The molecule has 0 aromatic heterocycles. The molecule has 0 bridgehead atoms. The molecular weight excluding hydrogens is 549 g/mol. The molecule has 0 saturated carbocycles. The molecular formula is C27H21ClINO3. The monoisotopic (exact) mass is 569 g/mol. The van der Waals surface area contributed by atoms with E-state index in [1.54, 1.807) is 13.3 Å². The van der Waals surface area contributed by atoms with Crippen LogP contribution in [-0.4, -0.2) is 13.3 Å². The van der Waals surface area contributed by atoms with Gasteiger partial charge in [-0.15, -0.1) is 0 Å². The van der Waals surface area contributed by atoms with Gasteiger partial charge in [-0.2, -0.15) is 0 Å². The van der Waals surface area contributed by atoms with Crippen LogP contribution in [0.4, 0.5) is 5.69 Å². The first-order valence-corrected chi connectivity index (χ1v) is 11.7. The highest BCUT2D eigenvalue weighted by molar-refractivity contribution is 14.1. The van der Waals surface area contributed by atoms with Gasteiger partial charge in [0, 0.05) is 16.8 Å². The molecule has 0 saturated heterocycles. The van der Waals surface area contributed by atoms with Crippen LogP contribution < -0.4 is 14.2 Å². The number of benzene rings is 4. The van der Waals surface area contributed by atoms with Crippen LogP contribution >= 0.6 is 34.2 Å². The quantitative estimate of drug-likeness (QED) is 0.159. The SMILES string of the molecule is COc1cc(C=Nc2ccc(Oc3ccccc3)cc2)cc(I)c1OCc1ccccc1Cl. The molecule has 0 spiro atoms. The Kier molecular flexibility index (Phi) is 7.86. The summed E-state index contributed by atoms with van der Waals surface area (Å²) in [6.07, 6.45) is 1.80. The molecule has 4 aromatic carbocycles. The molecule has 0 radical (unpaired) electrons. The topological polar surface area (TPSA) is 40.0 Å². The number of nitrogens with zero attached hydrogens (tertiary/aromatic N) is 1. The van der Waals surface area contributed by atoms with Crippen molar-refractivity contribution in [3.05, 3.63) is 111 Å².